The van der Waals surface area contributed by atoms with Gasteiger partial charge in [-0.2, -0.15) is 0 Å². The van der Waals surface area contributed by atoms with Gasteiger partial charge >= 0.3 is 0 Å². The molecule has 2 N–H and O–H groups in total. The summed E-state index contributed by atoms with van der Waals surface area (Å²) >= 11 is 0. The van der Waals surface area contributed by atoms with Crippen molar-refractivity contribution in [3.05, 3.63) is 30.1 Å². The van der Waals surface area contributed by atoms with Gasteiger partial charge in [-0.1, -0.05) is 0 Å². The normalized spacial score (nSPS) is 12.5. The van der Waals surface area contributed by atoms with E-state index in [4.69, 9.17) is 9.84 Å². The number of hydrogen-bond acceptors (Lipinski definition) is 3. The van der Waals surface area contributed by atoms with E-state index in [0.717, 1.165) is 0 Å². The molecule has 0 aromatic heterocycles. The molecule has 78 valence electrons. The highest BCUT2D eigenvalue weighted by molar-refractivity contribution is 5.21. The van der Waals surface area contributed by atoms with Crippen LogP contribution in [0, 0.1) is 5.82 Å². The first-order chi connectivity index (χ1) is 6.72. The Morgan fingerprint density at radius 1 is 1.29 bits per heavy atom. The van der Waals surface area contributed by atoms with E-state index < -0.39 is 6.10 Å². The molecule has 1 aromatic rings. The Morgan fingerprint density at radius 3 is 2.50 bits per heavy atom. The summed E-state index contributed by atoms with van der Waals surface area (Å²) in [6, 6.07) is 5.55. The van der Waals surface area contributed by atoms with E-state index in [2.05, 4.69) is 0 Å². The molecule has 0 amide bonds. The minimum Gasteiger partial charge on any atom is -0.491 e. The highest BCUT2D eigenvalue weighted by atomic mass is 19.1. The molecule has 0 fully saturated rings. The molecular formula is C10H13FO3. The van der Waals surface area contributed by atoms with Crippen LogP contribution >= 0.6 is 0 Å². The Labute approximate surface area is 81.8 Å². The van der Waals surface area contributed by atoms with Crippen molar-refractivity contribution in [3.63, 3.8) is 0 Å². The van der Waals surface area contributed by atoms with Crippen LogP contribution in [0.1, 0.15) is 6.42 Å². The van der Waals surface area contributed by atoms with Crippen molar-refractivity contribution in [2.75, 3.05) is 13.2 Å². The van der Waals surface area contributed by atoms with Crippen LogP contribution in [-0.2, 0) is 0 Å². The fourth-order valence-electron chi connectivity index (χ4n) is 0.956. The molecular weight excluding hydrogens is 187 g/mol. The quantitative estimate of drug-likeness (QED) is 0.744. The second-order valence-electron chi connectivity index (χ2n) is 2.93. The van der Waals surface area contributed by atoms with Gasteiger partial charge in [-0.15, -0.1) is 0 Å². The molecule has 1 unspecified atom stereocenters. The summed E-state index contributed by atoms with van der Waals surface area (Å²) in [5, 5.41) is 17.7. The van der Waals surface area contributed by atoms with E-state index in [1.54, 1.807) is 0 Å². The van der Waals surface area contributed by atoms with Crippen LogP contribution < -0.4 is 4.74 Å². The lowest BCUT2D eigenvalue weighted by molar-refractivity contribution is 0.0821. The highest BCUT2D eigenvalue weighted by Crippen LogP contribution is 2.11. The first-order valence-corrected chi connectivity index (χ1v) is 4.39. The third kappa shape index (κ3) is 3.72. The lowest BCUT2D eigenvalue weighted by Crippen LogP contribution is -2.18. The molecule has 0 saturated carbocycles. The highest BCUT2D eigenvalue weighted by Gasteiger charge is 2.03. The van der Waals surface area contributed by atoms with Gasteiger partial charge in [0.15, 0.2) is 0 Å². The summed E-state index contributed by atoms with van der Waals surface area (Å²) in [7, 11) is 0. The number of halogens is 1. The van der Waals surface area contributed by atoms with Crippen molar-refractivity contribution in [3.8, 4) is 5.75 Å². The Bertz CT molecular complexity index is 261. The van der Waals surface area contributed by atoms with Gasteiger partial charge < -0.3 is 14.9 Å². The molecule has 14 heavy (non-hydrogen) atoms. The summed E-state index contributed by atoms with van der Waals surface area (Å²) in [5.41, 5.74) is 0. The second-order valence-corrected chi connectivity index (χ2v) is 2.93. The molecule has 3 nitrogen and oxygen atoms in total. The minimum absolute atomic E-state index is 0.0755. The molecule has 0 aliphatic rings. The van der Waals surface area contributed by atoms with Crippen molar-refractivity contribution >= 4 is 0 Å². The van der Waals surface area contributed by atoms with Gasteiger partial charge in [0.05, 0.1) is 6.10 Å². The van der Waals surface area contributed by atoms with E-state index in [9.17, 15) is 9.50 Å². The summed E-state index contributed by atoms with van der Waals surface area (Å²) in [6.45, 7) is 0.0279. The number of aliphatic hydroxyl groups is 2. The zero-order valence-corrected chi connectivity index (χ0v) is 7.69. The van der Waals surface area contributed by atoms with Crippen molar-refractivity contribution < 1.29 is 19.3 Å². The number of rotatable bonds is 5. The fourth-order valence-corrected chi connectivity index (χ4v) is 0.956. The van der Waals surface area contributed by atoms with Gasteiger partial charge in [0.1, 0.15) is 18.2 Å². The maximum absolute atomic E-state index is 12.5. The number of aliphatic hydroxyl groups excluding tert-OH is 2. The number of hydrogen-bond donors (Lipinski definition) is 2. The Balaban J connectivity index is 2.34. The lowest BCUT2D eigenvalue weighted by Gasteiger charge is -2.10. The topological polar surface area (TPSA) is 49.7 Å². The summed E-state index contributed by atoms with van der Waals surface area (Å²) < 4.78 is 17.6. The predicted octanol–water partition coefficient (Wildman–Crippen LogP) is 0.948. The van der Waals surface area contributed by atoms with Gasteiger partial charge in [0.2, 0.25) is 0 Å². The lowest BCUT2D eigenvalue weighted by atomic mass is 10.3. The molecule has 0 aliphatic heterocycles. The van der Waals surface area contributed by atoms with Crippen molar-refractivity contribution in [2.45, 2.75) is 12.5 Å². The summed E-state index contributed by atoms with van der Waals surface area (Å²) in [5.74, 6) is 0.177. The van der Waals surface area contributed by atoms with Crippen LogP contribution in [-0.4, -0.2) is 29.5 Å². The summed E-state index contributed by atoms with van der Waals surface area (Å²) in [6.07, 6.45) is -0.411. The fraction of sp³-hybridized carbons (Fsp3) is 0.400. The van der Waals surface area contributed by atoms with Crippen LogP contribution in [0.25, 0.3) is 0 Å². The van der Waals surface area contributed by atoms with Crippen LogP contribution in [0.3, 0.4) is 0 Å². The standard InChI is InChI=1S/C10H13FO3/c11-8-1-3-10(4-2-8)14-7-9(13)5-6-12/h1-4,9,12-13H,5-7H2. The van der Waals surface area contributed by atoms with E-state index in [-0.39, 0.29) is 25.5 Å². The van der Waals surface area contributed by atoms with Crippen molar-refractivity contribution in [1.82, 2.24) is 0 Å². The second kappa shape index (κ2) is 5.57. The molecule has 1 atom stereocenters. The van der Waals surface area contributed by atoms with E-state index in [1.165, 1.54) is 24.3 Å². The van der Waals surface area contributed by atoms with Crippen molar-refractivity contribution in [1.29, 1.82) is 0 Å². The molecule has 4 heteroatoms. The zero-order chi connectivity index (χ0) is 10.4. The van der Waals surface area contributed by atoms with E-state index in [0.29, 0.717) is 5.75 Å². The molecule has 0 aliphatic carbocycles. The van der Waals surface area contributed by atoms with Gasteiger partial charge in [0.25, 0.3) is 0 Å². The third-order valence-electron chi connectivity index (χ3n) is 1.72. The molecule has 0 saturated heterocycles. The molecule has 1 aromatic carbocycles. The Hall–Kier alpha value is -1.13. The minimum atomic E-state index is -0.690. The average Bonchev–Trinajstić information content (AvgIpc) is 2.17. The Kier molecular flexibility index (Phi) is 4.35. The summed E-state index contributed by atoms with van der Waals surface area (Å²) in [4.78, 5) is 0. The number of ether oxygens (including phenoxy) is 1. The zero-order valence-electron chi connectivity index (χ0n) is 7.69. The SMILES string of the molecule is OCCC(O)COc1ccc(F)cc1. The molecule has 0 spiro atoms. The van der Waals surface area contributed by atoms with Crippen molar-refractivity contribution in [2.24, 2.45) is 0 Å². The first kappa shape index (κ1) is 10.9. The molecule has 0 radical (unpaired) electrons. The van der Waals surface area contributed by atoms with Gasteiger partial charge in [-0.3, -0.25) is 0 Å². The number of benzene rings is 1. The Morgan fingerprint density at radius 2 is 1.93 bits per heavy atom. The molecule has 1 rings (SSSR count). The van der Waals surface area contributed by atoms with Gasteiger partial charge in [-0.25, -0.2) is 4.39 Å². The average molecular weight is 200 g/mol. The van der Waals surface area contributed by atoms with Crippen LogP contribution in [0.4, 0.5) is 4.39 Å². The predicted molar refractivity (Wildman–Crippen MR) is 49.6 cm³/mol. The molecule has 0 heterocycles. The van der Waals surface area contributed by atoms with Crippen LogP contribution in [0.2, 0.25) is 0 Å². The van der Waals surface area contributed by atoms with Gasteiger partial charge in [0, 0.05) is 6.61 Å². The maximum Gasteiger partial charge on any atom is 0.123 e. The largest absolute Gasteiger partial charge is 0.491 e. The van der Waals surface area contributed by atoms with Gasteiger partial charge in [-0.05, 0) is 30.7 Å². The van der Waals surface area contributed by atoms with E-state index in [1.807, 2.05) is 0 Å². The maximum atomic E-state index is 12.5. The van der Waals surface area contributed by atoms with Crippen LogP contribution in [0.15, 0.2) is 24.3 Å². The first-order valence-electron chi connectivity index (χ1n) is 4.39. The van der Waals surface area contributed by atoms with Crippen LogP contribution in [0.5, 0.6) is 5.75 Å². The molecule has 0 bridgehead atoms. The monoisotopic (exact) mass is 200 g/mol. The smallest absolute Gasteiger partial charge is 0.123 e. The third-order valence-corrected chi connectivity index (χ3v) is 1.72. The van der Waals surface area contributed by atoms with E-state index >= 15 is 0 Å².